The van der Waals surface area contributed by atoms with E-state index in [0.717, 1.165) is 48.5 Å². The van der Waals surface area contributed by atoms with E-state index in [1.54, 1.807) is 0 Å². The van der Waals surface area contributed by atoms with E-state index in [1.165, 1.54) is 24.3 Å². The summed E-state index contributed by atoms with van der Waals surface area (Å²) in [6.45, 7) is 5.67. The number of phenolic OH excluding ortho intramolecular Hbond substituents is 4. The molecule has 0 spiro atoms. The normalized spacial score (nSPS) is 11.5. The van der Waals surface area contributed by atoms with Crippen molar-refractivity contribution >= 4 is 96.1 Å². The van der Waals surface area contributed by atoms with Gasteiger partial charge in [-0.15, -0.1) is 20.5 Å². The number of azo groups is 2. The average molecular weight is 1430 g/mol. The predicted molar refractivity (Wildman–Crippen MR) is 315 cm³/mol. The van der Waals surface area contributed by atoms with Crippen LogP contribution in [0.15, 0.2) is 113 Å². The van der Waals surface area contributed by atoms with Crippen molar-refractivity contribution < 1.29 is 153 Å². The Kier molecular flexibility index (Phi) is 37.2. The summed E-state index contributed by atoms with van der Waals surface area (Å²) in [5.74, 6) is -3.08. The molecule has 0 aliphatic carbocycles. The molecule has 0 amide bonds. The van der Waals surface area contributed by atoms with Gasteiger partial charge in [0.2, 0.25) is 0 Å². The first kappa shape index (κ1) is 82.0. The molecule has 0 heterocycles. The van der Waals surface area contributed by atoms with Crippen molar-refractivity contribution in [3.63, 3.8) is 0 Å². The van der Waals surface area contributed by atoms with Crippen LogP contribution in [0.1, 0.15) is 5.71 Å². The Morgan fingerprint density at radius 2 is 0.636 bits per heavy atom. The largest absolute Gasteiger partial charge is 1.00 e. The number of aliphatic hydroxyl groups is 8. The van der Waals surface area contributed by atoms with Crippen LogP contribution in [0.5, 0.6) is 23.0 Å². The number of anilines is 2. The summed E-state index contributed by atoms with van der Waals surface area (Å²) in [6.07, 6.45) is 0. The van der Waals surface area contributed by atoms with E-state index >= 15 is 0 Å². The molecule has 0 aliphatic rings. The Labute approximate surface area is 531 Å². The molecule has 0 saturated heterocycles. The fraction of sp³-hybridized carbons (Fsp3) is 0.333. The van der Waals surface area contributed by atoms with E-state index in [2.05, 4.69) is 41.7 Å². The smallest absolute Gasteiger partial charge is 0.506 e. The first-order chi connectivity index (χ1) is 40.4. The maximum absolute atomic E-state index is 12.2. The van der Waals surface area contributed by atoms with E-state index in [-0.39, 0.29) is 137 Å². The molecule has 40 heteroatoms. The molecule has 0 saturated carbocycles. The van der Waals surface area contributed by atoms with Crippen molar-refractivity contribution in [2.24, 2.45) is 20.5 Å². The Morgan fingerprint density at radius 3 is 0.852 bits per heavy atom. The minimum atomic E-state index is -5.17. The number of fused-ring (bicyclic) bond motifs is 2. The zero-order valence-electron chi connectivity index (χ0n) is 49.8. The van der Waals surface area contributed by atoms with Gasteiger partial charge in [-0.05, 0) is 82.6 Å². The van der Waals surface area contributed by atoms with Crippen LogP contribution in [0.4, 0.5) is 34.1 Å². The number of hydrogen-bond donors (Lipinski definition) is 22. The number of phenols is 4. The summed E-state index contributed by atoms with van der Waals surface area (Å²) in [7, 11) is -20.0. The Balaban J connectivity index is -0.000000619. The van der Waals surface area contributed by atoms with Crippen molar-refractivity contribution in [1.82, 2.24) is 21.3 Å². The van der Waals surface area contributed by atoms with E-state index in [0.29, 0.717) is 52.4 Å². The summed E-state index contributed by atoms with van der Waals surface area (Å²) >= 11 is 0. The first-order valence-corrected chi connectivity index (χ1v) is 30.5. The van der Waals surface area contributed by atoms with Crippen LogP contribution in [0.3, 0.4) is 0 Å². The minimum absolute atomic E-state index is 0. The third-order valence-corrected chi connectivity index (χ3v) is 14.0. The first-order valence-electron chi connectivity index (χ1n) is 24.7. The van der Waals surface area contributed by atoms with E-state index < -0.39 is 106 Å². The Bertz CT molecular complexity index is 3480. The molecule has 6 aromatic rings. The zero-order valence-corrected chi connectivity index (χ0v) is 51.0. The van der Waals surface area contributed by atoms with E-state index in [4.69, 9.17) is 52.3 Å². The Hall–Kier alpha value is -5.96. The van der Waals surface area contributed by atoms with Gasteiger partial charge in [-0.2, -0.15) is 33.7 Å². The molecule has 0 bridgehead atoms. The molecule has 34 nitrogen and oxygen atoms in total. The number of nitrogens with one attached hydrogen (secondary N) is 4. The van der Waals surface area contributed by atoms with Crippen LogP contribution in [0.2, 0.25) is 0 Å². The van der Waals surface area contributed by atoms with Gasteiger partial charge in [0.15, 0.2) is 11.5 Å². The van der Waals surface area contributed by atoms with Crippen LogP contribution in [-0.2, 0) is 74.6 Å². The topological polar surface area (TPSA) is 610 Å². The number of hydrogen-bond acceptors (Lipinski definition) is 30. The van der Waals surface area contributed by atoms with E-state index in [9.17, 15) is 72.3 Å². The molecule has 0 atom stereocenters. The number of aromatic hydroxyl groups is 4. The molecule has 6 rings (SSSR count). The van der Waals surface area contributed by atoms with Crippen LogP contribution in [-0.4, -0.2) is 218 Å². The second-order valence-electron chi connectivity index (χ2n) is 16.9. The molecular formula is C48H72Cu2N10O24S4+4. The van der Waals surface area contributed by atoms with E-state index in [1.807, 2.05) is 0 Å². The molecule has 24 N–H and O–H groups in total. The summed E-state index contributed by atoms with van der Waals surface area (Å²) in [5, 5.41) is 133. The minimum Gasteiger partial charge on any atom is -0.506 e. The van der Waals surface area contributed by atoms with Crippen molar-refractivity contribution in [1.29, 1.82) is 0 Å². The van der Waals surface area contributed by atoms with Gasteiger partial charge in [0.1, 0.15) is 44.0 Å². The van der Waals surface area contributed by atoms with Crippen LogP contribution < -0.4 is 32.7 Å². The fourth-order valence-electron chi connectivity index (χ4n) is 6.78. The second-order valence-corrected chi connectivity index (χ2v) is 22.5. The molecule has 500 valence electrons. The maximum Gasteiger partial charge on any atom is 1.00 e. The molecule has 0 unspecified atom stereocenters. The summed E-state index contributed by atoms with van der Waals surface area (Å²) in [6, 6.07) is 11.9. The van der Waals surface area contributed by atoms with Gasteiger partial charge in [0.05, 0.1) is 62.6 Å². The SMILES string of the molecule is Nc1cc(S(=O)(=O)O)cc2cc(S(=O)(=O)O)c(N=Nc3ccc(-c4ccc(N=Nc5c(S(=O)(=O)O)cc6cc(S(=O)(=O)O)cc(N)c6c5O)c(O)c4)cc3O)c(O)c12.OCCNCCO.OCCNCCO.OCCNCCO.OCCNCCO.[Cu].[Cu].[H+].[H+].[H+].[H+]. The Morgan fingerprint density at radius 1 is 0.375 bits per heavy atom. The monoisotopic (exact) mass is 1430 g/mol. The predicted octanol–water partition coefficient (Wildman–Crippen LogP) is 0.152. The number of nitrogens with two attached hydrogens (primary N) is 2. The number of aliphatic hydroxyl groups excluding tert-OH is 8. The average Bonchev–Trinajstić information content (AvgIpc) is 0.771. The number of benzene rings is 6. The van der Waals surface area contributed by atoms with Crippen molar-refractivity contribution in [2.75, 3.05) is 117 Å². The van der Waals surface area contributed by atoms with Gasteiger partial charge in [0, 0.05) is 109 Å². The maximum atomic E-state index is 12.2. The van der Waals surface area contributed by atoms with Crippen LogP contribution in [0.25, 0.3) is 32.7 Å². The van der Waals surface area contributed by atoms with Crippen LogP contribution >= 0.6 is 0 Å². The van der Waals surface area contributed by atoms with Crippen molar-refractivity contribution in [3.05, 3.63) is 72.8 Å². The molecule has 0 aliphatic heterocycles. The van der Waals surface area contributed by atoms with Gasteiger partial charge >= 0.3 is 5.71 Å². The number of nitrogens with zero attached hydrogens (tertiary/aromatic N) is 4. The number of nitrogen functional groups attached to an aromatic ring is 2. The molecule has 6 aromatic carbocycles. The zero-order chi connectivity index (χ0) is 65.0. The number of rotatable bonds is 25. The van der Waals surface area contributed by atoms with Gasteiger partial charge < -0.3 is 94.0 Å². The molecular weight excluding hydrogens is 1360 g/mol. The van der Waals surface area contributed by atoms with Crippen LogP contribution in [0, 0.1) is 0 Å². The van der Waals surface area contributed by atoms with Gasteiger partial charge in [0.25, 0.3) is 40.5 Å². The third kappa shape index (κ3) is 26.2. The molecule has 2 radical (unpaired) electrons. The summed E-state index contributed by atoms with van der Waals surface area (Å²) in [5.41, 5.74) is 8.99. The van der Waals surface area contributed by atoms with Crippen molar-refractivity contribution in [2.45, 2.75) is 19.6 Å². The summed E-state index contributed by atoms with van der Waals surface area (Å²) < 4.78 is 134. The summed E-state index contributed by atoms with van der Waals surface area (Å²) in [4.78, 5) is -3.57. The molecule has 0 fully saturated rings. The van der Waals surface area contributed by atoms with Gasteiger partial charge in [-0.3, -0.25) is 18.2 Å². The molecule has 88 heavy (non-hydrogen) atoms. The quantitative estimate of drug-likeness (QED) is 0.0119. The van der Waals surface area contributed by atoms with Gasteiger partial charge in [-0.25, -0.2) is 0 Å². The van der Waals surface area contributed by atoms with Gasteiger partial charge in [-0.1, -0.05) is 12.1 Å². The van der Waals surface area contributed by atoms with Crippen molar-refractivity contribution in [3.8, 4) is 34.1 Å². The standard InChI is InChI=1S/C32H24N6O16S4.4C4H11NO2.2Cu/c33-19-11-17(55(43,44)45)5-15-9-25(57(49,50)51)29(31(41)27(15)19)37-35-21-3-1-13(7-23(21)39)14-2-4-22(24(40)8-14)36-38-30-26(58(52,53)54)10-16-6-18(56(46,47)48)12-20(34)28(16)32(30)42;4*6-3-1-5-2-4-7;;/h1-12,39-42H,33-34H2,(H,43,44,45)(H,46,47,48)(H,49,50,51)(H,52,53,54);4*5-7H,1-4H2;;/p+4. The molecule has 0 aromatic heterocycles. The second kappa shape index (κ2) is 39.9. The fourth-order valence-corrected chi connectivity index (χ4v) is 9.20. The third-order valence-electron chi connectivity index (χ3n) is 10.6.